The lowest BCUT2D eigenvalue weighted by atomic mass is 9.99. The molecule has 1 unspecified atom stereocenters. The molecule has 0 fully saturated rings. The molecule has 2 nitrogen and oxygen atoms in total. The summed E-state index contributed by atoms with van der Waals surface area (Å²) in [5.41, 5.74) is 7.02. The number of rotatable bonds is 3. The van der Waals surface area contributed by atoms with Crippen LogP contribution in [0.4, 0.5) is 4.39 Å². The number of hydrogen-bond donors (Lipinski definition) is 1. The van der Waals surface area contributed by atoms with Gasteiger partial charge in [0.2, 0.25) is 0 Å². The highest BCUT2D eigenvalue weighted by Crippen LogP contribution is 2.31. The number of methoxy groups -OCH3 is 1. The molecule has 2 N–H and O–H groups in total. The quantitative estimate of drug-likeness (QED) is 0.922. The molecule has 1 atom stereocenters. The number of hydrogen-bond acceptors (Lipinski definition) is 2. The van der Waals surface area contributed by atoms with Gasteiger partial charge in [0.1, 0.15) is 11.6 Å². The summed E-state index contributed by atoms with van der Waals surface area (Å²) in [5, 5.41) is 0.923. The maximum absolute atomic E-state index is 14.0. The molecule has 100 valence electrons. The van der Waals surface area contributed by atoms with Crippen molar-refractivity contribution in [2.24, 2.45) is 5.73 Å². The SMILES string of the molecule is COc1ccc(C(N)c2ccc(Cl)cc2Cl)c(F)c1. The Morgan fingerprint density at radius 2 is 1.79 bits per heavy atom. The average Bonchev–Trinajstić information content (AvgIpc) is 2.37. The predicted octanol–water partition coefficient (Wildman–Crippen LogP) is 4.19. The second-order valence-corrected chi connectivity index (χ2v) is 4.87. The average molecular weight is 300 g/mol. The Kier molecular flexibility index (Phi) is 4.30. The van der Waals surface area contributed by atoms with Gasteiger partial charge in [-0.15, -0.1) is 0 Å². The summed E-state index contributed by atoms with van der Waals surface area (Å²) in [4.78, 5) is 0. The molecule has 0 heterocycles. The van der Waals surface area contributed by atoms with Gasteiger partial charge in [-0.3, -0.25) is 0 Å². The number of ether oxygens (including phenoxy) is 1. The summed E-state index contributed by atoms with van der Waals surface area (Å²) in [6.45, 7) is 0. The van der Waals surface area contributed by atoms with Gasteiger partial charge in [0.25, 0.3) is 0 Å². The summed E-state index contributed by atoms with van der Waals surface area (Å²) >= 11 is 11.9. The van der Waals surface area contributed by atoms with Crippen LogP contribution in [0.15, 0.2) is 36.4 Å². The van der Waals surface area contributed by atoms with Gasteiger partial charge in [-0.25, -0.2) is 4.39 Å². The van der Waals surface area contributed by atoms with Crippen molar-refractivity contribution >= 4 is 23.2 Å². The Morgan fingerprint density at radius 3 is 2.37 bits per heavy atom. The highest BCUT2D eigenvalue weighted by molar-refractivity contribution is 6.35. The van der Waals surface area contributed by atoms with Crippen LogP contribution in [0, 0.1) is 5.82 Å². The summed E-state index contributed by atoms with van der Waals surface area (Å²) in [6, 6.07) is 8.82. The molecule has 0 saturated carbocycles. The fraction of sp³-hybridized carbons (Fsp3) is 0.143. The Bertz CT molecular complexity index is 604. The van der Waals surface area contributed by atoms with Crippen molar-refractivity contribution in [3.8, 4) is 5.75 Å². The minimum atomic E-state index is -0.657. The molecule has 0 saturated heterocycles. The van der Waals surface area contributed by atoms with Gasteiger partial charge in [0.15, 0.2) is 0 Å². The molecule has 0 aliphatic carbocycles. The lowest BCUT2D eigenvalue weighted by Gasteiger charge is -2.15. The van der Waals surface area contributed by atoms with E-state index in [9.17, 15) is 4.39 Å². The van der Waals surface area contributed by atoms with Crippen LogP contribution in [0.1, 0.15) is 17.2 Å². The second-order valence-electron chi connectivity index (χ2n) is 4.03. The smallest absolute Gasteiger partial charge is 0.132 e. The third-order valence-corrected chi connectivity index (χ3v) is 3.40. The van der Waals surface area contributed by atoms with Crippen LogP contribution in [-0.4, -0.2) is 7.11 Å². The van der Waals surface area contributed by atoms with E-state index in [2.05, 4.69) is 0 Å². The van der Waals surface area contributed by atoms with E-state index in [1.807, 2.05) is 0 Å². The van der Waals surface area contributed by atoms with Crippen LogP contribution in [0.25, 0.3) is 0 Å². The lowest BCUT2D eigenvalue weighted by Crippen LogP contribution is -2.14. The Morgan fingerprint density at radius 1 is 1.11 bits per heavy atom. The molecule has 0 radical (unpaired) electrons. The van der Waals surface area contributed by atoms with Gasteiger partial charge in [-0.2, -0.15) is 0 Å². The monoisotopic (exact) mass is 299 g/mol. The van der Waals surface area contributed by atoms with E-state index >= 15 is 0 Å². The summed E-state index contributed by atoms with van der Waals surface area (Å²) in [7, 11) is 1.48. The van der Waals surface area contributed by atoms with Crippen LogP contribution in [0.5, 0.6) is 5.75 Å². The first-order valence-electron chi connectivity index (χ1n) is 5.57. The largest absolute Gasteiger partial charge is 0.497 e. The van der Waals surface area contributed by atoms with E-state index in [0.717, 1.165) is 0 Å². The summed E-state index contributed by atoms with van der Waals surface area (Å²) in [6.07, 6.45) is 0. The highest BCUT2D eigenvalue weighted by Gasteiger charge is 2.17. The zero-order valence-electron chi connectivity index (χ0n) is 10.2. The van der Waals surface area contributed by atoms with Gasteiger partial charge in [0, 0.05) is 21.7 Å². The van der Waals surface area contributed by atoms with E-state index in [1.54, 1.807) is 30.3 Å². The number of halogens is 3. The van der Waals surface area contributed by atoms with E-state index in [-0.39, 0.29) is 0 Å². The van der Waals surface area contributed by atoms with Crippen molar-refractivity contribution in [3.63, 3.8) is 0 Å². The van der Waals surface area contributed by atoms with Crippen LogP contribution >= 0.6 is 23.2 Å². The third kappa shape index (κ3) is 3.00. The van der Waals surface area contributed by atoms with Crippen molar-refractivity contribution in [1.82, 2.24) is 0 Å². The van der Waals surface area contributed by atoms with Crippen molar-refractivity contribution in [1.29, 1.82) is 0 Å². The molecule has 2 aromatic rings. The molecule has 0 aliphatic heterocycles. The first-order chi connectivity index (χ1) is 9.02. The summed E-state index contributed by atoms with van der Waals surface area (Å²) in [5.74, 6) is 0.00789. The maximum atomic E-state index is 14.0. The minimum Gasteiger partial charge on any atom is -0.497 e. The maximum Gasteiger partial charge on any atom is 0.132 e. The Balaban J connectivity index is 2.41. The predicted molar refractivity (Wildman–Crippen MR) is 75.4 cm³/mol. The van der Waals surface area contributed by atoms with Crippen LogP contribution in [0.2, 0.25) is 10.0 Å². The van der Waals surface area contributed by atoms with E-state index in [1.165, 1.54) is 13.2 Å². The molecule has 0 bridgehead atoms. The molecule has 0 spiro atoms. The molecule has 0 aliphatic rings. The van der Waals surface area contributed by atoms with Gasteiger partial charge in [0.05, 0.1) is 13.2 Å². The standard InChI is InChI=1S/C14H12Cl2FNO/c1-19-9-3-5-11(13(17)7-9)14(18)10-4-2-8(15)6-12(10)16/h2-7,14H,18H2,1H3. The van der Waals surface area contributed by atoms with Crippen LogP contribution in [0.3, 0.4) is 0 Å². The third-order valence-electron chi connectivity index (χ3n) is 2.84. The van der Waals surface area contributed by atoms with Crippen molar-refractivity contribution in [2.45, 2.75) is 6.04 Å². The normalized spacial score (nSPS) is 12.3. The van der Waals surface area contributed by atoms with E-state index in [0.29, 0.717) is 26.9 Å². The second kappa shape index (κ2) is 5.78. The lowest BCUT2D eigenvalue weighted by molar-refractivity contribution is 0.410. The molecule has 2 rings (SSSR count). The fourth-order valence-electron chi connectivity index (χ4n) is 1.81. The van der Waals surface area contributed by atoms with Crippen molar-refractivity contribution in [2.75, 3.05) is 7.11 Å². The molecular formula is C14H12Cl2FNO. The molecule has 19 heavy (non-hydrogen) atoms. The van der Waals surface area contributed by atoms with E-state index < -0.39 is 11.9 Å². The molecular weight excluding hydrogens is 288 g/mol. The fourth-order valence-corrected chi connectivity index (χ4v) is 2.33. The van der Waals surface area contributed by atoms with Crippen LogP contribution < -0.4 is 10.5 Å². The first kappa shape index (κ1) is 14.1. The summed E-state index contributed by atoms with van der Waals surface area (Å²) < 4.78 is 18.9. The minimum absolute atomic E-state index is 0.352. The van der Waals surface area contributed by atoms with E-state index in [4.69, 9.17) is 33.7 Å². The van der Waals surface area contributed by atoms with Gasteiger partial charge < -0.3 is 10.5 Å². The number of nitrogens with two attached hydrogens (primary N) is 1. The zero-order valence-corrected chi connectivity index (χ0v) is 11.7. The molecule has 2 aromatic carbocycles. The number of benzene rings is 2. The molecule has 5 heteroatoms. The molecule has 0 aromatic heterocycles. The Labute approximate surface area is 120 Å². The van der Waals surface area contributed by atoms with Crippen molar-refractivity contribution in [3.05, 3.63) is 63.4 Å². The zero-order chi connectivity index (χ0) is 14.0. The van der Waals surface area contributed by atoms with Gasteiger partial charge >= 0.3 is 0 Å². The van der Waals surface area contributed by atoms with Crippen LogP contribution in [-0.2, 0) is 0 Å². The first-order valence-corrected chi connectivity index (χ1v) is 6.32. The van der Waals surface area contributed by atoms with Gasteiger partial charge in [-0.1, -0.05) is 35.3 Å². The Hall–Kier alpha value is -1.29. The topological polar surface area (TPSA) is 35.2 Å². The highest BCUT2D eigenvalue weighted by atomic mass is 35.5. The molecule has 0 amide bonds. The van der Waals surface area contributed by atoms with Gasteiger partial charge in [-0.05, 0) is 23.8 Å². The van der Waals surface area contributed by atoms with Crippen molar-refractivity contribution < 1.29 is 9.13 Å².